The van der Waals surface area contributed by atoms with E-state index in [9.17, 15) is 9.18 Å². The van der Waals surface area contributed by atoms with E-state index in [4.69, 9.17) is 0 Å². The second kappa shape index (κ2) is 7.47. The van der Waals surface area contributed by atoms with Crippen LogP contribution in [0.4, 0.5) is 4.39 Å². The van der Waals surface area contributed by atoms with Crippen LogP contribution in [0.3, 0.4) is 0 Å². The van der Waals surface area contributed by atoms with Gasteiger partial charge in [0.25, 0.3) is 5.91 Å². The van der Waals surface area contributed by atoms with Crippen molar-refractivity contribution in [3.05, 3.63) is 58.7 Å². The van der Waals surface area contributed by atoms with E-state index in [0.717, 1.165) is 28.3 Å². The fourth-order valence-electron chi connectivity index (χ4n) is 3.21. The van der Waals surface area contributed by atoms with E-state index >= 15 is 0 Å². The van der Waals surface area contributed by atoms with Crippen molar-refractivity contribution in [1.82, 2.24) is 19.7 Å². The largest absolute Gasteiger partial charge is 0.331 e. The van der Waals surface area contributed by atoms with Gasteiger partial charge < -0.3 is 4.90 Å². The molecule has 0 radical (unpaired) electrons. The van der Waals surface area contributed by atoms with Crippen molar-refractivity contribution in [3.63, 3.8) is 0 Å². The summed E-state index contributed by atoms with van der Waals surface area (Å²) < 4.78 is 16.1. The van der Waals surface area contributed by atoms with Crippen molar-refractivity contribution in [2.75, 3.05) is 0 Å². The lowest BCUT2D eigenvalue weighted by atomic mass is 10.1. The Labute approximate surface area is 167 Å². The van der Waals surface area contributed by atoms with Gasteiger partial charge >= 0.3 is 0 Å². The Morgan fingerprint density at radius 1 is 1.32 bits per heavy atom. The molecule has 0 spiro atoms. The maximum Gasteiger partial charge on any atom is 0.254 e. The van der Waals surface area contributed by atoms with Crippen LogP contribution in [0.15, 0.2) is 36.8 Å². The first-order valence-corrected chi connectivity index (χ1v) is 10.3. The van der Waals surface area contributed by atoms with E-state index in [-0.39, 0.29) is 11.9 Å². The molecule has 0 atom stereocenters. The molecule has 1 fully saturated rings. The number of aromatic nitrogens is 3. The lowest BCUT2D eigenvalue weighted by Gasteiger charge is -2.22. The number of hydrogen-bond donors (Lipinski definition) is 0. The van der Waals surface area contributed by atoms with Crippen LogP contribution in [-0.4, -0.2) is 31.6 Å². The minimum atomic E-state index is -0.405. The lowest BCUT2D eigenvalue weighted by Crippen LogP contribution is -2.32. The number of benzene rings is 1. The molecule has 1 saturated carbocycles. The molecule has 146 valence electrons. The van der Waals surface area contributed by atoms with Crippen LogP contribution in [0.1, 0.15) is 53.5 Å². The second-order valence-electron chi connectivity index (χ2n) is 7.63. The van der Waals surface area contributed by atoms with Gasteiger partial charge in [0.1, 0.15) is 5.82 Å². The van der Waals surface area contributed by atoms with Crippen LogP contribution >= 0.6 is 11.3 Å². The van der Waals surface area contributed by atoms with Crippen molar-refractivity contribution < 1.29 is 9.18 Å². The van der Waals surface area contributed by atoms with E-state index in [0.29, 0.717) is 23.6 Å². The lowest BCUT2D eigenvalue weighted by molar-refractivity contribution is 0.0729. The Bertz CT molecular complexity index is 1010. The molecule has 7 heteroatoms. The molecule has 1 aliphatic carbocycles. The van der Waals surface area contributed by atoms with E-state index in [1.165, 1.54) is 12.1 Å². The molecule has 28 heavy (non-hydrogen) atoms. The van der Waals surface area contributed by atoms with E-state index in [1.54, 1.807) is 34.5 Å². The minimum Gasteiger partial charge on any atom is -0.331 e. The number of carbonyl (C=O) groups excluding carboxylic acids is 1. The molecule has 1 aliphatic rings. The summed E-state index contributed by atoms with van der Waals surface area (Å²) in [6, 6.07) is 4.79. The first-order chi connectivity index (χ1) is 13.4. The van der Waals surface area contributed by atoms with Crippen LogP contribution < -0.4 is 0 Å². The standard InChI is InChI=1S/C21H23FN4OS/c1-13(2)20-23-10-19(28-20)15-6-16(8-17(22)7-15)21(27)26(18-4-5-18)12-14-9-24-25(3)11-14/h6-11,13,18H,4-5,12H2,1-3H3. The van der Waals surface area contributed by atoms with Crippen LogP contribution in [0, 0.1) is 5.82 Å². The van der Waals surface area contributed by atoms with Crippen molar-refractivity contribution in [1.29, 1.82) is 0 Å². The molecule has 5 nitrogen and oxygen atoms in total. The van der Waals surface area contributed by atoms with Crippen molar-refractivity contribution in [2.24, 2.45) is 7.05 Å². The van der Waals surface area contributed by atoms with Gasteiger partial charge in [0.2, 0.25) is 0 Å². The summed E-state index contributed by atoms with van der Waals surface area (Å²) in [4.78, 5) is 20.3. The maximum atomic E-state index is 14.3. The van der Waals surface area contributed by atoms with Crippen LogP contribution in [-0.2, 0) is 13.6 Å². The molecule has 1 aromatic carbocycles. The minimum absolute atomic E-state index is 0.138. The number of aryl methyl sites for hydroxylation is 1. The number of nitrogens with zero attached hydrogens (tertiary/aromatic N) is 4. The molecule has 0 aliphatic heterocycles. The normalized spacial score (nSPS) is 13.9. The SMILES string of the molecule is CC(C)c1ncc(-c2cc(F)cc(C(=O)N(Cc3cnn(C)c3)C3CC3)c2)s1. The monoisotopic (exact) mass is 398 g/mol. The quantitative estimate of drug-likeness (QED) is 0.609. The number of rotatable bonds is 6. The van der Waals surface area contributed by atoms with Gasteiger partial charge in [-0.3, -0.25) is 9.48 Å². The summed E-state index contributed by atoms with van der Waals surface area (Å²) >= 11 is 1.54. The Hall–Kier alpha value is -2.54. The predicted octanol–water partition coefficient (Wildman–Crippen LogP) is 4.61. The third kappa shape index (κ3) is 3.99. The number of hydrogen-bond acceptors (Lipinski definition) is 4. The molecular weight excluding hydrogens is 375 g/mol. The zero-order valence-corrected chi connectivity index (χ0v) is 17.0. The summed E-state index contributed by atoms with van der Waals surface area (Å²) in [6.45, 7) is 4.64. The number of amides is 1. The van der Waals surface area contributed by atoms with Gasteiger partial charge in [-0.25, -0.2) is 9.37 Å². The smallest absolute Gasteiger partial charge is 0.254 e. The van der Waals surface area contributed by atoms with Crippen molar-refractivity contribution in [3.8, 4) is 10.4 Å². The average Bonchev–Trinajstić information content (AvgIpc) is 3.21. The second-order valence-corrected chi connectivity index (χ2v) is 8.69. The van der Waals surface area contributed by atoms with E-state index in [2.05, 4.69) is 23.9 Å². The molecule has 3 aromatic rings. The summed E-state index contributed by atoms with van der Waals surface area (Å²) in [6.07, 6.45) is 7.41. The highest BCUT2D eigenvalue weighted by molar-refractivity contribution is 7.15. The highest BCUT2D eigenvalue weighted by Crippen LogP contribution is 2.33. The fraction of sp³-hybridized carbons (Fsp3) is 0.381. The average molecular weight is 399 g/mol. The number of thiazole rings is 1. The van der Waals surface area contributed by atoms with Gasteiger partial charge in [-0.05, 0) is 36.6 Å². The Kier molecular flexibility index (Phi) is 5.02. The molecule has 0 saturated heterocycles. The van der Waals surface area contributed by atoms with Crippen LogP contribution in [0.5, 0.6) is 0 Å². The van der Waals surface area contributed by atoms with Gasteiger partial charge in [0.05, 0.1) is 16.1 Å². The Morgan fingerprint density at radius 2 is 2.11 bits per heavy atom. The third-order valence-corrected chi connectivity index (χ3v) is 6.15. The first kappa shape index (κ1) is 18.8. The molecule has 0 bridgehead atoms. The molecule has 1 amide bonds. The molecular formula is C21H23FN4OS. The third-order valence-electron chi connectivity index (χ3n) is 4.81. The maximum absolute atomic E-state index is 14.3. The highest BCUT2D eigenvalue weighted by atomic mass is 32.1. The summed E-state index contributed by atoms with van der Waals surface area (Å²) in [5.74, 6) is -0.226. The van der Waals surface area contributed by atoms with Gasteiger partial charge in [0, 0.05) is 49.1 Å². The zero-order valence-electron chi connectivity index (χ0n) is 16.2. The van der Waals surface area contributed by atoms with Crippen molar-refractivity contribution >= 4 is 17.2 Å². The van der Waals surface area contributed by atoms with Gasteiger partial charge in [0.15, 0.2) is 0 Å². The van der Waals surface area contributed by atoms with Crippen LogP contribution in [0.25, 0.3) is 10.4 Å². The predicted molar refractivity (Wildman–Crippen MR) is 108 cm³/mol. The molecule has 0 unspecified atom stereocenters. The highest BCUT2D eigenvalue weighted by Gasteiger charge is 2.33. The summed E-state index contributed by atoms with van der Waals surface area (Å²) in [7, 11) is 1.85. The zero-order chi connectivity index (χ0) is 19.8. The van der Waals surface area contributed by atoms with E-state index in [1.807, 2.05) is 18.1 Å². The van der Waals surface area contributed by atoms with Gasteiger partial charge in [-0.2, -0.15) is 5.10 Å². The van der Waals surface area contributed by atoms with E-state index < -0.39 is 5.82 Å². The Morgan fingerprint density at radius 3 is 2.71 bits per heavy atom. The van der Waals surface area contributed by atoms with Crippen molar-refractivity contribution in [2.45, 2.75) is 45.2 Å². The molecule has 4 rings (SSSR count). The molecule has 2 aromatic heterocycles. The summed E-state index contributed by atoms with van der Waals surface area (Å²) in [5, 5.41) is 5.18. The Balaban J connectivity index is 1.63. The topological polar surface area (TPSA) is 51.0 Å². The van der Waals surface area contributed by atoms with Crippen LogP contribution in [0.2, 0.25) is 0 Å². The summed E-state index contributed by atoms with van der Waals surface area (Å²) in [5.41, 5.74) is 2.05. The molecule has 2 heterocycles. The van der Waals surface area contributed by atoms with Gasteiger partial charge in [-0.15, -0.1) is 11.3 Å². The van der Waals surface area contributed by atoms with Gasteiger partial charge in [-0.1, -0.05) is 13.8 Å². The molecule has 0 N–H and O–H groups in total. The number of carbonyl (C=O) groups is 1. The first-order valence-electron chi connectivity index (χ1n) is 9.46. The number of halogens is 1. The fourth-order valence-corrected chi connectivity index (χ4v) is 4.12.